The number of anilines is 1. The van der Waals surface area contributed by atoms with Gasteiger partial charge in [0.05, 0.1) is 24.8 Å². The number of methoxy groups -OCH3 is 1. The lowest BCUT2D eigenvalue weighted by Crippen LogP contribution is -2.48. The summed E-state index contributed by atoms with van der Waals surface area (Å²) < 4.78 is 10.6. The highest BCUT2D eigenvalue weighted by atomic mass is 16.6. The van der Waals surface area contributed by atoms with Crippen molar-refractivity contribution in [2.75, 3.05) is 19.0 Å². The molecule has 6 nitrogen and oxygen atoms in total. The normalized spacial score (nSPS) is 20.7. The number of carbonyl (C=O) groups is 2. The SMILES string of the molecule is COC(=O)c1ccc([C@@H]2Nc3ccc(C)cc3[C@H]3[C@@H]2CCCN3C(=O)OCc2ccccc2)cc1. The van der Waals surface area contributed by atoms with Crippen molar-refractivity contribution in [1.29, 1.82) is 0 Å². The Morgan fingerprint density at radius 1 is 1.03 bits per heavy atom. The maximum Gasteiger partial charge on any atom is 0.410 e. The summed E-state index contributed by atoms with van der Waals surface area (Å²) in [6.45, 7) is 2.99. The van der Waals surface area contributed by atoms with E-state index >= 15 is 0 Å². The molecule has 3 atom stereocenters. The molecule has 0 bridgehead atoms. The van der Waals surface area contributed by atoms with Gasteiger partial charge in [-0.1, -0.05) is 60.2 Å². The van der Waals surface area contributed by atoms with Crippen molar-refractivity contribution in [3.05, 3.63) is 101 Å². The molecular weight excluding hydrogens is 440 g/mol. The number of amides is 1. The van der Waals surface area contributed by atoms with Crippen molar-refractivity contribution in [2.24, 2.45) is 5.92 Å². The van der Waals surface area contributed by atoms with E-state index in [1.165, 1.54) is 7.11 Å². The quantitative estimate of drug-likeness (QED) is 0.471. The first-order valence-corrected chi connectivity index (χ1v) is 12.1. The fraction of sp³-hybridized carbons (Fsp3) is 0.310. The second-order valence-electron chi connectivity index (χ2n) is 9.31. The molecule has 0 aliphatic carbocycles. The molecule has 0 unspecified atom stereocenters. The lowest BCUT2D eigenvalue weighted by molar-refractivity contribution is 0.0413. The van der Waals surface area contributed by atoms with Crippen LogP contribution in [0.25, 0.3) is 0 Å². The number of nitrogens with zero attached hydrogens (tertiary/aromatic N) is 1. The summed E-state index contributed by atoms with van der Waals surface area (Å²) in [6, 6.07) is 23.6. The molecule has 0 saturated carbocycles. The average Bonchev–Trinajstić information content (AvgIpc) is 2.91. The van der Waals surface area contributed by atoms with E-state index in [2.05, 4.69) is 30.4 Å². The van der Waals surface area contributed by atoms with Crippen molar-refractivity contribution in [3.63, 3.8) is 0 Å². The molecule has 0 radical (unpaired) electrons. The van der Waals surface area contributed by atoms with Crippen LogP contribution in [-0.4, -0.2) is 30.6 Å². The Hall–Kier alpha value is -3.80. The maximum absolute atomic E-state index is 13.3. The van der Waals surface area contributed by atoms with Crippen molar-refractivity contribution in [1.82, 2.24) is 4.90 Å². The van der Waals surface area contributed by atoms with Gasteiger partial charge in [0.15, 0.2) is 0 Å². The predicted octanol–water partition coefficient (Wildman–Crippen LogP) is 6.04. The average molecular weight is 471 g/mol. The molecule has 1 fully saturated rings. The van der Waals surface area contributed by atoms with E-state index in [-0.39, 0.29) is 36.7 Å². The molecule has 3 aromatic rings. The first-order valence-electron chi connectivity index (χ1n) is 12.1. The number of aryl methyl sites for hydroxylation is 1. The fourth-order valence-corrected chi connectivity index (χ4v) is 5.39. The molecule has 180 valence electrons. The van der Waals surface area contributed by atoms with E-state index in [1.54, 1.807) is 12.1 Å². The van der Waals surface area contributed by atoms with Gasteiger partial charge in [-0.25, -0.2) is 9.59 Å². The van der Waals surface area contributed by atoms with Crippen LogP contribution in [0.15, 0.2) is 72.8 Å². The molecule has 35 heavy (non-hydrogen) atoms. The summed E-state index contributed by atoms with van der Waals surface area (Å²) in [5, 5.41) is 3.72. The second-order valence-corrected chi connectivity index (χ2v) is 9.31. The number of rotatable bonds is 4. The van der Waals surface area contributed by atoms with Crippen molar-refractivity contribution < 1.29 is 19.1 Å². The van der Waals surface area contributed by atoms with Gasteiger partial charge in [0.25, 0.3) is 0 Å². The molecule has 2 heterocycles. The van der Waals surface area contributed by atoms with Crippen LogP contribution >= 0.6 is 0 Å². The first kappa shape index (κ1) is 23.0. The van der Waals surface area contributed by atoms with Gasteiger partial charge in [-0.3, -0.25) is 0 Å². The van der Waals surface area contributed by atoms with Crippen LogP contribution < -0.4 is 5.32 Å². The lowest BCUT2D eigenvalue weighted by atomic mass is 9.74. The van der Waals surface area contributed by atoms with E-state index in [0.29, 0.717) is 12.1 Å². The van der Waals surface area contributed by atoms with Crippen LogP contribution in [0.1, 0.15) is 57.5 Å². The summed E-state index contributed by atoms with van der Waals surface area (Å²) in [4.78, 5) is 27.2. The Bertz CT molecular complexity index is 1210. The number of piperidine rings is 1. The topological polar surface area (TPSA) is 67.9 Å². The molecule has 2 aliphatic heterocycles. The molecule has 6 heteroatoms. The summed E-state index contributed by atoms with van der Waals surface area (Å²) in [5.41, 5.74) is 5.90. The smallest absolute Gasteiger partial charge is 0.410 e. The Labute approximate surface area is 205 Å². The van der Waals surface area contributed by atoms with Crippen LogP contribution in [0, 0.1) is 12.8 Å². The lowest BCUT2D eigenvalue weighted by Gasteiger charge is -2.48. The zero-order chi connectivity index (χ0) is 24.4. The Morgan fingerprint density at radius 3 is 2.54 bits per heavy atom. The fourth-order valence-electron chi connectivity index (χ4n) is 5.39. The molecule has 0 spiro atoms. The van der Waals surface area contributed by atoms with Gasteiger partial charge >= 0.3 is 12.1 Å². The third-order valence-electron chi connectivity index (χ3n) is 7.07. The molecule has 1 N–H and O–H groups in total. The Kier molecular flexibility index (Phi) is 6.45. The summed E-state index contributed by atoms with van der Waals surface area (Å²) in [7, 11) is 1.38. The molecule has 2 aliphatic rings. The number of fused-ring (bicyclic) bond motifs is 3. The number of nitrogens with one attached hydrogen (secondary N) is 1. The van der Waals surface area contributed by atoms with E-state index in [1.807, 2.05) is 47.4 Å². The highest BCUT2D eigenvalue weighted by Gasteiger charge is 2.44. The summed E-state index contributed by atoms with van der Waals surface area (Å²) in [5.74, 6) is -0.178. The number of carbonyl (C=O) groups excluding carboxylic acids is 2. The van der Waals surface area contributed by atoms with Crippen LogP contribution in [0.4, 0.5) is 10.5 Å². The number of hydrogen-bond donors (Lipinski definition) is 1. The van der Waals surface area contributed by atoms with E-state index in [4.69, 9.17) is 9.47 Å². The summed E-state index contributed by atoms with van der Waals surface area (Å²) >= 11 is 0. The molecule has 1 amide bonds. The molecule has 3 aromatic carbocycles. The van der Waals surface area contributed by atoms with Crippen molar-refractivity contribution in [2.45, 2.75) is 38.5 Å². The largest absolute Gasteiger partial charge is 0.465 e. The van der Waals surface area contributed by atoms with Gasteiger partial charge in [0.1, 0.15) is 6.61 Å². The zero-order valence-corrected chi connectivity index (χ0v) is 20.1. The minimum absolute atomic E-state index is 0.00614. The minimum atomic E-state index is -0.350. The van der Waals surface area contributed by atoms with E-state index < -0.39 is 0 Å². The van der Waals surface area contributed by atoms with Crippen LogP contribution in [0.2, 0.25) is 0 Å². The summed E-state index contributed by atoms with van der Waals surface area (Å²) in [6.07, 6.45) is 1.61. The minimum Gasteiger partial charge on any atom is -0.465 e. The number of ether oxygens (including phenoxy) is 2. The molecular formula is C29H30N2O4. The Balaban J connectivity index is 1.46. The number of likely N-dealkylation sites (tertiary alicyclic amines) is 1. The maximum atomic E-state index is 13.3. The third kappa shape index (κ3) is 4.61. The number of hydrogen-bond acceptors (Lipinski definition) is 5. The molecule has 1 saturated heterocycles. The Morgan fingerprint density at radius 2 is 1.80 bits per heavy atom. The second kappa shape index (κ2) is 9.82. The van der Waals surface area contributed by atoms with E-state index in [9.17, 15) is 9.59 Å². The van der Waals surface area contributed by atoms with Crippen LogP contribution in [0.5, 0.6) is 0 Å². The van der Waals surface area contributed by atoms with Crippen LogP contribution in [-0.2, 0) is 16.1 Å². The van der Waals surface area contributed by atoms with Crippen molar-refractivity contribution in [3.8, 4) is 0 Å². The molecule has 5 rings (SSSR count). The van der Waals surface area contributed by atoms with Gasteiger partial charge in [0, 0.05) is 18.2 Å². The predicted molar refractivity (Wildman–Crippen MR) is 134 cm³/mol. The van der Waals surface area contributed by atoms with Gasteiger partial charge < -0.3 is 19.7 Å². The van der Waals surface area contributed by atoms with Gasteiger partial charge in [-0.15, -0.1) is 0 Å². The van der Waals surface area contributed by atoms with Gasteiger partial charge in [-0.2, -0.15) is 0 Å². The van der Waals surface area contributed by atoms with Gasteiger partial charge in [0.2, 0.25) is 0 Å². The number of esters is 1. The van der Waals surface area contributed by atoms with Gasteiger partial charge in [-0.05, 0) is 54.7 Å². The monoisotopic (exact) mass is 470 g/mol. The third-order valence-corrected chi connectivity index (χ3v) is 7.07. The highest BCUT2D eigenvalue weighted by Crippen LogP contribution is 2.50. The zero-order valence-electron chi connectivity index (χ0n) is 20.1. The van der Waals surface area contributed by atoms with Crippen LogP contribution in [0.3, 0.4) is 0 Å². The van der Waals surface area contributed by atoms with E-state index in [0.717, 1.165) is 40.8 Å². The standard InChI is InChI=1S/C29H30N2O4/c1-19-10-15-25-24(17-19)27-23(26(30-25)21-11-13-22(14-12-21)28(32)34-2)9-6-16-31(27)29(33)35-18-20-7-4-3-5-8-20/h3-5,7-8,10-15,17,23,26-27,30H,6,9,16,18H2,1-2H3/t23-,26+,27-/m1/s1. The highest BCUT2D eigenvalue weighted by molar-refractivity contribution is 5.89. The number of benzene rings is 3. The van der Waals surface area contributed by atoms with Crippen molar-refractivity contribution >= 4 is 17.7 Å². The molecule has 0 aromatic heterocycles. The first-order chi connectivity index (χ1) is 17.0.